The zero-order chi connectivity index (χ0) is 13.0. The van der Waals surface area contributed by atoms with Crippen LogP contribution in [0.3, 0.4) is 0 Å². The van der Waals surface area contributed by atoms with E-state index in [0.29, 0.717) is 12.8 Å². The number of nitriles is 1. The Labute approximate surface area is 104 Å². The highest BCUT2D eigenvalue weighted by molar-refractivity contribution is 7.84. The molecule has 17 heavy (non-hydrogen) atoms. The molecule has 0 heterocycles. The maximum absolute atomic E-state index is 12.0. The quantitative estimate of drug-likeness (QED) is 0.461. The summed E-state index contributed by atoms with van der Waals surface area (Å²) in [4.78, 5) is 0. The lowest BCUT2D eigenvalue weighted by Gasteiger charge is -2.01. The van der Waals surface area contributed by atoms with Gasteiger partial charge in [-0.1, -0.05) is 42.4 Å². The average Bonchev–Trinajstić information content (AvgIpc) is 2.24. The van der Waals surface area contributed by atoms with Crippen LogP contribution in [-0.2, 0) is 10.4 Å². The molecule has 0 rings (SSSR count). The van der Waals surface area contributed by atoms with E-state index in [9.17, 15) is 12.3 Å². The Bertz CT molecular complexity index is 312. The molecule has 1 N–H and O–H groups in total. The summed E-state index contributed by atoms with van der Waals surface area (Å²) in [6.45, 7) is 0.182. The molecule has 0 aliphatic rings. The lowest BCUT2D eigenvalue weighted by Crippen LogP contribution is -2.19. The molecule has 0 saturated carbocycles. The van der Waals surface area contributed by atoms with Crippen molar-refractivity contribution in [3.05, 3.63) is 0 Å². The summed E-state index contributed by atoms with van der Waals surface area (Å²) < 4.78 is 34.0. The number of halogens is 1. The van der Waals surface area contributed by atoms with Gasteiger partial charge in [-0.3, -0.25) is 0 Å². The maximum atomic E-state index is 12.0. The molecule has 0 spiro atoms. The second-order valence-corrected chi connectivity index (χ2v) is 5.23. The van der Waals surface area contributed by atoms with Gasteiger partial charge in [0.15, 0.2) is 0 Å². The first-order valence-electron chi connectivity index (χ1n) is 6.12. The van der Waals surface area contributed by atoms with Crippen molar-refractivity contribution in [1.29, 1.82) is 5.26 Å². The molecule has 4 nitrogen and oxygen atoms in total. The van der Waals surface area contributed by atoms with Gasteiger partial charge >= 0.3 is 10.4 Å². The highest BCUT2D eigenvalue weighted by Crippen LogP contribution is 2.09. The standard InChI is InChI=1S/C11H21FN2O2S/c12-17(15,16)14-11-9-7-5-3-1-2-4-6-8-10-13/h14H,1-9,11H2. The van der Waals surface area contributed by atoms with Crippen molar-refractivity contribution in [2.45, 2.75) is 57.8 Å². The van der Waals surface area contributed by atoms with Crippen molar-refractivity contribution in [3.63, 3.8) is 0 Å². The Balaban J connectivity index is 3.07. The molecular formula is C11H21FN2O2S. The van der Waals surface area contributed by atoms with Crippen LogP contribution in [0.1, 0.15) is 57.8 Å². The summed E-state index contributed by atoms with van der Waals surface area (Å²) in [7, 11) is -4.51. The Morgan fingerprint density at radius 3 is 1.88 bits per heavy atom. The minimum absolute atomic E-state index is 0.182. The topological polar surface area (TPSA) is 70.0 Å². The number of nitrogens with zero attached hydrogens (tertiary/aromatic N) is 1. The van der Waals surface area contributed by atoms with Crippen molar-refractivity contribution < 1.29 is 12.3 Å². The van der Waals surface area contributed by atoms with E-state index >= 15 is 0 Å². The molecule has 0 aromatic heterocycles. The molecule has 0 fully saturated rings. The third kappa shape index (κ3) is 15.3. The lowest BCUT2D eigenvalue weighted by molar-refractivity contribution is 0.526. The van der Waals surface area contributed by atoms with Crippen LogP contribution in [0.5, 0.6) is 0 Å². The van der Waals surface area contributed by atoms with Gasteiger partial charge in [0.05, 0.1) is 6.07 Å². The molecule has 0 aliphatic heterocycles. The fourth-order valence-electron chi connectivity index (χ4n) is 1.58. The van der Waals surface area contributed by atoms with Crippen LogP contribution in [0.4, 0.5) is 3.89 Å². The Kier molecular flexibility index (Phi) is 10.1. The molecule has 0 aromatic carbocycles. The van der Waals surface area contributed by atoms with E-state index in [2.05, 4.69) is 6.07 Å². The van der Waals surface area contributed by atoms with Crippen molar-refractivity contribution >= 4 is 10.4 Å². The SMILES string of the molecule is N#CCCCCCCCCCCNS(=O)(=O)F. The first-order chi connectivity index (χ1) is 8.06. The van der Waals surface area contributed by atoms with E-state index < -0.39 is 10.4 Å². The van der Waals surface area contributed by atoms with E-state index in [-0.39, 0.29) is 6.54 Å². The first kappa shape index (κ1) is 16.3. The summed E-state index contributed by atoms with van der Waals surface area (Å²) in [6.07, 6.45) is 8.80. The molecule has 0 bridgehead atoms. The van der Waals surface area contributed by atoms with Gasteiger partial charge in [-0.05, 0) is 12.8 Å². The summed E-state index contributed by atoms with van der Waals surface area (Å²) >= 11 is 0. The number of rotatable bonds is 11. The monoisotopic (exact) mass is 264 g/mol. The van der Waals surface area contributed by atoms with Gasteiger partial charge < -0.3 is 0 Å². The van der Waals surface area contributed by atoms with Crippen molar-refractivity contribution in [2.24, 2.45) is 0 Å². The van der Waals surface area contributed by atoms with Gasteiger partial charge in [0.2, 0.25) is 0 Å². The molecule has 0 saturated heterocycles. The number of nitrogens with one attached hydrogen (secondary N) is 1. The lowest BCUT2D eigenvalue weighted by atomic mass is 10.1. The van der Waals surface area contributed by atoms with E-state index in [4.69, 9.17) is 5.26 Å². The first-order valence-corrected chi connectivity index (χ1v) is 7.51. The van der Waals surface area contributed by atoms with Crippen LogP contribution >= 0.6 is 0 Å². The van der Waals surface area contributed by atoms with Crippen molar-refractivity contribution in [3.8, 4) is 6.07 Å². The zero-order valence-corrected chi connectivity index (χ0v) is 10.9. The van der Waals surface area contributed by atoms with Gasteiger partial charge in [-0.2, -0.15) is 18.4 Å². The second kappa shape index (κ2) is 10.5. The number of unbranched alkanes of at least 4 members (excludes halogenated alkanes) is 8. The summed E-state index contributed by atoms with van der Waals surface area (Å²) in [5.74, 6) is 0. The van der Waals surface area contributed by atoms with Crippen molar-refractivity contribution in [1.82, 2.24) is 4.72 Å². The number of hydrogen-bond acceptors (Lipinski definition) is 3. The smallest absolute Gasteiger partial charge is 0.198 e. The molecule has 100 valence electrons. The number of hydrogen-bond donors (Lipinski definition) is 1. The summed E-state index contributed by atoms with van der Waals surface area (Å²) in [5.41, 5.74) is 0. The molecule has 0 aromatic rings. The molecule has 0 atom stereocenters. The predicted octanol–water partition coefficient (Wildman–Crippen LogP) is 2.82. The minimum Gasteiger partial charge on any atom is -0.198 e. The molecule has 0 aliphatic carbocycles. The highest BCUT2D eigenvalue weighted by Gasteiger charge is 2.03. The molecule has 0 radical (unpaired) electrons. The summed E-state index contributed by atoms with van der Waals surface area (Å²) in [5, 5.41) is 8.32. The van der Waals surface area contributed by atoms with E-state index in [0.717, 1.165) is 44.9 Å². The Morgan fingerprint density at radius 2 is 1.41 bits per heavy atom. The van der Waals surface area contributed by atoms with Gasteiger partial charge in [0.25, 0.3) is 0 Å². The van der Waals surface area contributed by atoms with Crippen LogP contribution < -0.4 is 4.72 Å². The molecule has 6 heteroatoms. The fraction of sp³-hybridized carbons (Fsp3) is 0.909. The fourth-order valence-corrected chi connectivity index (χ4v) is 1.97. The third-order valence-electron chi connectivity index (χ3n) is 2.49. The van der Waals surface area contributed by atoms with Gasteiger partial charge in [-0.25, -0.2) is 0 Å². The Morgan fingerprint density at radius 1 is 0.941 bits per heavy atom. The van der Waals surface area contributed by atoms with Gasteiger partial charge in [0, 0.05) is 13.0 Å². The predicted molar refractivity (Wildman–Crippen MR) is 65.2 cm³/mol. The summed E-state index contributed by atoms with van der Waals surface area (Å²) in [6, 6.07) is 2.12. The van der Waals surface area contributed by atoms with E-state index in [1.54, 1.807) is 0 Å². The Hall–Kier alpha value is -0.670. The van der Waals surface area contributed by atoms with Crippen molar-refractivity contribution in [2.75, 3.05) is 6.54 Å². The highest BCUT2D eigenvalue weighted by atomic mass is 32.3. The van der Waals surface area contributed by atoms with Gasteiger partial charge in [-0.15, -0.1) is 0 Å². The van der Waals surface area contributed by atoms with Crippen LogP contribution in [0, 0.1) is 11.3 Å². The van der Waals surface area contributed by atoms with Crippen LogP contribution in [-0.4, -0.2) is 15.0 Å². The second-order valence-electron chi connectivity index (χ2n) is 4.07. The third-order valence-corrected chi connectivity index (χ3v) is 3.04. The normalized spacial score (nSPS) is 11.3. The van der Waals surface area contributed by atoms with Crippen LogP contribution in [0.15, 0.2) is 0 Å². The van der Waals surface area contributed by atoms with E-state index in [1.165, 1.54) is 0 Å². The van der Waals surface area contributed by atoms with Gasteiger partial charge in [0.1, 0.15) is 0 Å². The minimum atomic E-state index is -4.51. The maximum Gasteiger partial charge on any atom is 0.372 e. The molecule has 0 unspecified atom stereocenters. The molecular weight excluding hydrogens is 243 g/mol. The zero-order valence-electron chi connectivity index (χ0n) is 10.1. The van der Waals surface area contributed by atoms with Crippen LogP contribution in [0.25, 0.3) is 0 Å². The van der Waals surface area contributed by atoms with Crippen LogP contribution in [0.2, 0.25) is 0 Å². The molecule has 0 amide bonds. The van der Waals surface area contributed by atoms with E-state index in [1.807, 2.05) is 4.72 Å². The average molecular weight is 264 g/mol. The largest absolute Gasteiger partial charge is 0.372 e.